The molecule has 3 unspecified atom stereocenters. The topological polar surface area (TPSA) is 157 Å². The molecule has 0 radical (unpaired) electrons. The largest absolute Gasteiger partial charge is 0.458 e. The first kappa shape index (κ1) is 32.8. The van der Waals surface area contributed by atoms with Crippen LogP contribution < -0.4 is 15.7 Å². The fourth-order valence-electron chi connectivity index (χ4n) is 5.61. The second-order valence-electron chi connectivity index (χ2n) is 11.1. The maximum Gasteiger partial charge on any atom is 0.303 e. The number of rotatable bonds is 8. The Morgan fingerprint density at radius 3 is 2.39 bits per heavy atom. The normalized spacial score (nSPS) is 20.4. The first-order valence-electron chi connectivity index (χ1n) is 14.9. The zero-order chi connectivity index (χ0) is 31.6. The van der Waals surface area contributed by atoms with E-state index in [1.807, 2.05) is 0 Å². The van der Waals surface area contributed by atoms with Crippen molar-refractivity contribution in [2.45, 2.75) is 64.9 Å². The summed E-state index contributed by atoms with van der Waals surface area (Å²) in [6.07, 6.45) is 6.65. The zero-order valence-corrected chi connectivity index (χ0v) is 25.7. The third kappa shape index (κ3) is 8.74. The molecule has 2 aliphatic rings. The number of benzene rings is 1. The molecule has 44 heavy (non-hydrogen) atoms. The van der Waals surface area contributed by atoms with Crippen LogP contribution in [0.15, 0.2) is 42.9 Å². The van der Waals surface area contributed by atoms with E-state index >= 15 is 0 Å². The summed E-state index contributed by atoms with van der Waals surface area (Å²) in [7, 11) is 2.09. The van der Waals surface area contributed by atoms with Crippen LogP contribution in [0.4, 0.5) is 5.95 Å². The summed E-state index contributed by atoms with van der Waals surface area (Å²) in [4.78, 5) is 43.7. The quantitative estimate of drug-likeness (QED) is 0.196. The van der Waals surface area contributed by atoms with Crippen molar-refractivity contribution in [3.63, 3.8) is 0 Å². The van der Waals surface area contributed by atoms with Crippen LogP contribution in [0.2, 0.25) is 0 Å². The van der Waals surface area contributed by atoms with Gasteiger partial charge in [-0.25, -0.2) is 15.4 Å². The lowest BCUT2D eigenvalue weighted by Crippen LogP contribution is -2.47. The van der Waals surface area contributed by atoms with E-state index in [1.165, 1.54) is 42.7 Å². The predicted octanol–water partition coefficient (Wildman–Crippen LogP) is 2.75. The number of hydrogen-bond acceptors (Lipinski definition) is 11. The summed E-state index contributed by atoms with van der Waals surface area (Å²) in [6.45, 7) is 8.63. The van der Waals surface area contributed by atoms with E-state index in [0.717, 1.165) is 39.0 Å². The lowest BCUT2D eigenvalue weighted by molar-refractivity contribution is -0.190. The van der Waals surface area contributed by atoms with Gasteiger partial charge in [-0.05, 0) is 43.9 Å². The maximum absolute atomic E-state index is 11.4. The molecule has 3 aromatic rings. The van der Waals surface area contributed by atoms with Crippen molar-refractivity contribution in [1.82, 2.24) is 25.3 Å². The number of hydroxylamine groups is 1. The van der Waals surface area contributed by atoms with Gasteiger partial charge < -0.3 is 29.0 Å². The Morgan fingerprint density at radius 2 is 1.73 bits per heavy atom. The van der Waals surface area contributed by atoms with Crippen molar-refractivity contribution in [3.05, 3.63) is 54.0 Å². The van der Waals surface area contributed by atoms with Crippen LogP contribution in [0.25, 0.3) is 10.9 Å². The monoisotopic (exact) mass is 610 g/mol. The van der Waals surface area contributed by atoms with Gasteiger partial charge in [-0.3, -0.25) is 19.6 Å². The van der Waals surface area contributed by atoms with Crippen LogP contribution in [0, 0.1) is 5.92 Å². The smallest absolute Gasteiger partial charge is 0.303 e. The molecular formula is C31H42N6O7. The summed E-state index contributed by atoms with van der Waals surface area (Å²) >= 11 is 0. The van der Waals surface area contributed by atoms with Gasteiger partial charge in [0.05, 0.1) is 18.3 Å². The molecule has 13 nitrogen and oxygen atoms in total. The molecule has 2 saturated heterocycles. The molecule has 0 saturated carbocycles. The van der Waals surface area contributed by atoms with Crippen molar-refractivity contribution in [2.75, 3.05) is 31.1 Å². The molecule has 3 N–H and O–H groups in total. The second-order valence-corrected chi connectivity index (χ2v) is 11.1. The lowest BCUT2D eigenvalue weighted by atomic mass is 9.97. The van der Waals surface area contributed by atoms with E-state index in [0.29, 0.717) is 24.9 Å². The Morgan fingerprint density at radius 1 is 1.05 bits per heavy atom. The Labute approximate surface area is 256 Å². The number of amides is 1. The number of piperidine rings is 1. The number of aryl methyl sites for hydroxylation is 1. The summed E-state index contributed by atoms with van der Waals surface area (Å²) < 4.78 is 17.7. The first-order chi connectivity index (χ1) is 21.2. The fraction of sp³-hybridized carbons (Fsp3) is 0.516. The second kappa shape index (κ2) is 15.6. The van der Waals surface area contributed by atoms with Crippen molar-refractivity contribution in [2.24, 2.45) is 13.0 Å². The molecule has 0 aliphatic carbocycles. The minimum Gasteiger partial charge on any atom is -0.458 e. The van der Waals surface area contributed by atoms with E-state index < -0.39 is 24.1 Å². The maximum atomic E-state index is 11.4. The molecule has 0 spiro atoms. The van der Waals surface area contributed by atoms with E-state index in [1.54, 1.807) is 12.4 Å². The highest BCUT2D eigenvalue weighted by atomic mass is 16.6. The van der Waals surface area contributed by atoms with E-state index in [4.69, 9.17) is 19.4 Å². The first-order valence-corrected chi connectivity index (χ1v) is 14.9. The Kier molecular flexibility index (Phi) is 11.6. The van der Waals surface area contributed by atoms with Crippen LogP contribution in [0.1, 0.15) is 56.0 Å². The number of anilines is 1. The number of esters is 2. The standard InChI is InChI=1S/C21H26N6O2.C10H16O5/c1-26-14-17(18-4-2-3-5-19(18)26)11-22-10-15-6-8-27(9-7-15)21-23-12-16(13-24-21)20(28)25-29;1-6-10(15-8(3)12)9(4-5-13-6)14-7(2)11/h2-5,12-15,22,29H,6-11H2,1H3,(H,25,28);6,9-10H,4-5H2,1-3H3. The lowest BCUT2D eigenvalue weighted by Gasteiger charge is -2.34. The van der Waals surface area contributed by atoms with Gasteiger partial charge in [-0.1, -0.05) is 18.2 Å². The van der Waals surface area contributed by atoms with Gasteiger partial charge in [0.25, 0.3) is 5.91 Å². The summed E-state index contributed by atoms with van der Waals surface area (Å²) in [6, 6.07) is 8.50. The van der Waals surface area contributed by atoms with Gasteiger partial charge in [0, 0.05) is 76.4 Å². The molecule has 0 bridgehead atoms. The Bertz CT molecular complexity index is 1400. The van der Waals surface area contributed by atoms with Crippen LogP contribution in [0.5, 0.6) is 0 Å². The van der Waals surface area contributed by atoms with Crippen LogP contribution in [-0.4, -0.2) is 82.1 Å². The van der Waals surface area contributed by atoms with Crippen LogP contribution in [-0.2, 0) is 37.4 Å². The molecule has 2 fully saturated rings. The summed E-state index contributed by atoms with van der Waals surface area (Å²) in [5.41, 5.74) is 4.43. The van der Waals surface area contributed by atoms with E-state index in [9.17, 15) is 14.4 Å². The number of hydrogen-bond donors (Lipinski definition) is 3. The number of nitrogens with zero attached hydrogens (tertiary/aromatic N) is 4. The molecular weight excluding hydrogens is 568 g/mol. The van der Waals surface area contributed by atoms with Crippen molar-refractivity contribution in [3.8, 4) is 0 Å². The summed E-state index contributed by atoms with van der Waals surface area (Å²) in [5, 5.41) is 13.6. The molecule has 5 rings (SSSR count). The number of ether oxygens (including phenoxy) is 3. The van der Waals surface area contributed by atoms with E-state index in [2.05, 4.69) is 62.3 Å². The number of carbonyl (C=O) groups is 3. The SMILES string of the molecule is CC(=O)OC1CCOC(C)C1OC(C)=O.Cn1cc(CNCC2CCN(c3ncc(C(=O)NO)cn3)CC2)c2ccccc21. The van der Waals surface area contributed by atoms with Crippen molar-refractivity contribution in [1.29, 1.82) is 0 Å². The van der Waals surface area contributed by atoms with Crippen LogP contribution >= 0.6 is 0 Å². The number of fused-ring (bicyclic) bond motifs is 1. The average molecular weight is 611 g/mol. The van der Waals surface area contributed by atoms with Gasteiger partial charge >= 0.3 is 11.9 Å². The highest BCUT2D eigenvalue weighted by molar-refractivity contribution is 5.92. The minimum atomic E-state index is -0.604. The third-order valence-corrected chi connectivity index (χ3v) is 7.86. The van der Waals surface area contributed by atoms with Gasteiger partial charge in [-0.2, -0.15) is 0 Å². The highest BCUT2D eigenvalue weighted by Gasteiger charge is 2.36. The fourth-order valence-corrected chi connectivity index (χ4v) is 5.61. The molecule has 2 aromatic heterocycles. The average Bonchev–Trinajstić information content (AvgIpc) is 3.34. The molecule has 238 valence electrons. The van der Waals surface area contributed by atoms with Gasteiger partial charge in [0.2, 0.25) is 5.95 Å². The Balaban J connectivity index is 0.000000249. The zero-order valence-electron chi connectivity index (χ0n) is 25.7. The Hall–Kier alpha value is -4.07. The molecule has 1 amide bonds. The number of aromatic nitrogens is 3. The van der Waals surface area contributed by atoms with Crippen LogP contribution in [0.3, 0.4) is 0 Å². The molecule has 4 heterocycles. The number of carbonyl (C=O) groups excluding carboxylic acids is 3. The molecule has 2 aliphatic heterocycles. The number of nitrogens with one attached hydrogen (secondary N) is 2. The van der Waals surface area contributed by atoms with E-state index in [-0.39, 0.29) is 17.6 Å². The van der Waals surface area contributed by atoms with Crippen molar-refractivity contribution < 1.29 is 33.8 Å². The van der Waals surface area contributed by atoms with Crippen molar-refractivity contribution >= 4 is 34.7 Å². The number of para-hydroxylation sites is 1. The molecule has 13 heteroatoms. The van der Waals surface area contributed by atoms with Gasteiger partial charge in [0.1, 0.15) is 6.10 Å². The predicted molar refractivity (Wildman–Crippen MR) is 162 cm³/mol. The van der Waals surface area contributed by atoms with Gasteiger partial charge in [0.15, 0.2) is 6.10 Å². The van der Waals surface area contributed by atoms with Gasteiger partial charge in [-0.15, -0.1) is 0 Å². The highest BCUT2D eigenvalue weighted by Crippen LogP contribution is 2.23. The molecule has 3 atom stereocenters. The third-order valence-electron chi connectivity index (χ3n) is 7.86. The summed E-state index contributed by atoms with van der Waals surface area (Å²) in [5.74, 6) is -0.115. The molecule has 1 aromatic carbocycles. The minimum absolute atomic E-state index is 0.240.